The topological polar surface area (TPSA) is 17.1 Å². The largest absolute Gasteiger partial charge is 0.294 e. The molecule has 2 rings (SSSR count). The number of Topliss-reactive ketones (excluding diaryl/α,β-unsaturated/α-hetero) is 1. The summed E-state index contributed by atoms with van der Waals surface area (Å²) in [6.07, 6.45) is 3.08. The van der Waals surface area contributed by atoms with Gasteiger partial charge in [0.05, 0.1) is 5.02 Å². The molecular weight excluding hydrogens is 196 g/mol. The van der Waals surface area contributed by atoms with E-state index in [2.05, 4.69) is 0 Å². The van der Waals surface area contributed by atoms with E-state index in [9.17, 15) is 4.79 Å². The van der Waals surface area contributed by atoms with E-state index >= 15 is 0 Å². The first-order valence-electron chi connectivity index (χ1n) is 4.96. The van der Waals surface area contributed by atoms with E-state index in [-0.39, 0.29) is 5.78 Å². The predicted molar refractivity (Wildman–Crippen MR) is 57.9 cm³/mol. The number of ketones is 1. The van der Waals surface area contributed by atoms with Crippen LogP contribution in [0.2, 0.25) is 5.02 Å². The first-order valence-corrected chi connectivity index (χ1v) is 5.34. The number of rotatable bonds is 3. The lowest BCUT2D eigenvalue weighted by atomic mass is 10.0. The Morgan fingerprint density at radius 3 is 2.79 bits per heavy atom. The number of halogens is 1. The molecule has 0 spiro atoms. The molecule has 1 aromatic carbocycles. The van der Waals surface area contributed by atoms with Crippen molar-refractivity contribution in [2.24, 2.45) is 5.92 Å². The van der Waals surface area contributed by atoms with Gasteiger partial charge in [0.15, 0.2) is 5.78 Å². The highest BCUT2D eigenvalue weighted by Gasteiger charge is 2.25. The Morgan fingerprint density at radius 1 is 1.50 bits per heavy atom. The highest BCUT2D eigenvalue weighted by Crippen LogP contribution is 2.34. The van der Waals surface area contributed by atoms with Gasteiger partial charge in [-0.25, -0.2) is 0 Å². The maximum absolute atomic E-state index is 11.7. The van der Waals surface area contributed by atoms with Crippen molar-refractivity contribution in [3.05, 3.63) is 34.3 Å². The van der Waals surface area contributed by atoms with Gasteiger partial charge in [0.2, 0.25) is 0 Å². The minimum Gasteiger partial charge on any atom is -0.294 e. The van der Waals surface area contributed by atoms with E-state index in [1.54, 1.807) is 0 Å². The zero-order valence-electron chi connectivity index (χ0n) is 8.22. The molecule has 0 aromatic heterocycles. The summed E-state index contributed by atoms with van der Waals surface area (Å²) in [5.74, 6) is 0.817. The van der Waals surface area contributed by atoms with E-state index in [0.29, 0.717) is 22.9 Å². The van der Waals surface area contributed by atoms with Crippen LogP contribution in [0.25, 0.3) is 0 Å². The maximum atomic E-state index is 11.7. The van der Waals surface area contributed by atoms with Gasteiger partial charge in [-0.05, 0) is 43.4 Å². The molecule has 0 unspecified atom stereocenters. The predicted octanol–water partition coefficient (Wildman–Crippen LogP) is 3.63. The van der Waals surface area contributed by atoms with Crippen molar-refractivity contribution < 1.29 is 4.79 Å². The average Bonchev–Trinajstić information content (AvgIpc) is 2.87. The molecule has 0 aliphatic heterocycles. The van der Waals surface area contributed by atoms with Crippen LogP contribution in [0.5, 0.6) is 0 Å². The highest BCUT2D eigenvalue weighted by atomic mass is 35.5. The molecule has 1 aromatic rings. The molecule has 1 saturated carbocycles. The third-order valence-electron chi connectivity index (χ3n) is 2.60. The van der Waals surface area contributed by atoms with Gasteiger partial charge in [0.25, 0.3) is 0 Å². The second-order valence-corrected chi connectivity index (χ2v) is 4.46. The van der Waals surface area contributed by atoms with Crippen molar-refractivity contribution in [3.8, 4) is 0 Å². The molecule has 0 N–H and O–H groups in total. The van der Waals surface area contributed by atoms with Gasteiger partial charge in [-0.1, -0.05) is 17.7 Å². The Kier molecular flexibility index (Phi) is 2.60. The van der Waals surface area contributed by atoms with Crippen LogP contribution in [0, 0.1) is 12.8 Å². The van der Waals surface area contributed by atoms with Crippen LogP contribution in [0.4, 0.5) is 0 Å². The number of carbonyl (C=O) groups is 1. The van der Waals surface area contributed by atoms with E-state index in [0.717, 1.165) is 5.56 Å². The molecule has 1 nitrogen and oxygen atoms in total. The van der Waals surface area contributed by atoms with Crippen LogP contribution in [0.3, 0.4) is 0 Å². The normalized spacial score (nSPS) is 15.6. The third-order valence-corrected chi connectivity index (χ3v) is 2.91. The molecule has 0 bridgehead atoms. The number of benzene rings is 1. The molecule has 2 heteroatoms. The smallest absolute Gasteiger partial charge is 0.164 e. The van der Waals surface area contributed by atoms with Gasteiger partial charge in [-0.2, -0.15) is 0 Å². The molecule has 0 atom stereocenters. The quantitative estimate of drug-likeness (QED) is 0.694. The van der Waals surface area contributed by atoms with Crippen molar-refractivity contribution in [2.75, 3.05) is 0 Å². The Bertz CT molecular complexity index is 367. The fourth-order valence-electron chi connectivity index (χ4n) is 1.54. The first-order chi connectivity index (χ1) is 6.66. The van der Waals surface area contributed by atoms with Crippen molar-refractivity contribution in [3.63, 3.8) is 0 Å². The van der Waals surface area contributed by atoms with E-state index in [1.165, 1.54) is 12.8 Å². The van der Waals surface area contributed by atoms with Crippen LogP contribution < -0.4 is 0 Å². The van der Waals surface area contributed by atoms with Crippen LogP contribution >= 0.6 is 11.6 Å². The zero-order valence-corrected chi connectivity index (χ0v) is 8.97. The summed E-state index contributed by atoms with van der Waals surface area (Å²) in [5.41, 5.74) is 1.78. The SMILES string of the molecule is Cc1ccc(C(=O)CC2CC2)c(Cl)c1. The van der Waals surface area contributed by atoms with Gasteiger partial charge >= 0.3 is 0 Å². The molecule has 14 heavy (non-hydrogen) atoms. The Balaban J connectivity index is 2.17. The lowest BCUT2D eigenvalue weighted by Gasteiger charge is -2.03. The number of carbonyl (C=O) groups excluding carboxylic acids is 1. The Morgan fingerprint density at radius 2 is 2.21 bits per heavy atom. The molecule has 0 heterocycles. The summed E-state index contributed by atoms with van der Waals surface area (Å²) < 4.78 is 0. The molecule has 1 fully saturated rings. The van der Waals surface area contributed by atoms with Crippen molar-refractivity contribution >= 4 is 17.4 Å². The van der Waals surface area contributed by atoms with Crippen molar-refractivity contribution in [1.82, 2.24) is 0 Å². The number of aryl methyl sites for hydroxylation is 1. The fraction of sp³-hybridized carbons (Fsp3) is 0.417. The van der Waals surface area contributed by atoms with E-state index in [4.69, 9.17) is 11.6 Å². The minimum absolute atomic E-state index is 0.192. The molecule has 0 amide bonds. The first kappa shape index (κ1) is 9.72. The Hall–Kier alpha value is -0.820. The fourth-order valence-corrected chi connectivity index (χ4v) is 1.88. The lowest BCUT2D eigenvalue weighted by molar-refractivity contribution is 0.0976. The maximum Gasteiger partial charge on any atom is 0.164 e. The molecule has 0 radical (unpaired) electrons. The van der Waals surface area contributed by atoms with E-state index in [1.807, 2.05) is 25.1 Å². The zero-order chi connectivity index (χ0) is 10.1. The van der Waals surface area contributed by atoms with E-state index < -0.39 is 0 Å². The molecule has 0 saturated heterocycles. The molecular formula is C12H13ClO. The molecule has 74 valence electrons. The van der Waals surface area contributed by atoms with Gasteiger partial charge in [-0.3, -0.25) is 4.79 Å². The number of hydrogen-bond donors (Lipinski definition) is 0. The summed E-state index contributed by atoms with van der Waals surface area (Å²) >= 11 is 6.01. The number of hydrogen-bond acceptors (Lipinski definition) is 1. The lowest BCUT2D eigenvalue weighted by Crippen LogP contribution is -2.01. The van der Waals surface area contributed by atoms with Crippen LogP contribution in [0.15, 0.2) is 18.2 Å². The summed E-state index contributed by atoms with van der Waals surface area (Å²) in [6, 6.07) is 5.62. The molecule has 1 aliphatic rings. The van der Waals surface area contributed by atoms with Crippen molar-refractivity contribution in [1.29, 1.82) is 0 Å². The van der Waals surface area contributed by atoms with Gasteiger partial charge in [-0.15, -0.1) is 0 Å². The minimum atomic E-state index is 0.192. The van der Waals surface area contributed by atoms with Crippen LogP contribution in [-0.2, 0) is 0 Å². The summed E-state index contributed by atoms with van der Waals surface area (Å²) in [7, 11) is 0. The van der Waals surface area contributed by atoms with Crippen molar-refractivity contribution in [2.45, 2.75) is 26.2 Å². The second kappa shape index (κ2) is 3.74. The summed E-state index contributed by atoms with van der Waals surface area (Å²) in [6.45, 7) is 1.97. The molecule has 1 aliphatic carbocycles. The van der Waals surface area contributed by atoms with Gasteiger partial charge in [0, 0.05) is 12.0 Å². The van der Waals surface area contributed by atoms with Gasteiger partial charge < -0.3 is 0 Å². The monoisotopic (exact) mass is 208 g/mol. The van der Waals surface area contributed by atoms with Crippen LogP contribution in [-0.4, -0.2) is 5.78 Å². The Labute approximate surface area is 89.1 Å². The van der Waals surface area contributed by atoms with Gasteiger partial charge in [0.1, 0.15) is 0 Å². The average molecular weight is 209 g/mol. The second-order valence-electron chi connectivity index (χ2n) is 4.05. The summed E-state index contributed by atoms with van der Waals surface area (Å²) in [5, 5.41) is 0.593. The standard InChI is InChI=1S/C12H13ClO/c1-8-2-5-10(11(13)6-8)12(14)7-9-3-4-9/h2,5-6,9H,3-4,7H2,1H3. The van der Waals surface area contributed by atoms with Crippen LogP contribution in [0.1, 0.15) is 35.2 Å². The third kappa shape index (κ3) is 2.16. The summed E-state index contributed by atoms with van der Waals surface area (Å²) in [4.78, 5) is 11.7. The highest BCUT2D eigenvalue weighted by molar-refractivity contribution is 6.34.